The molecule has 4 heterocycles. The maximum absolute atomic E-state index is 13.1. The molecule has 0 saturated heterocycles. The molecule has 4 aromatic heterocycles. The summed E-state index contributed by atoms with van der Waals surface area (Å²) in [6.07, 6.45) is 12.1. The Morgan fingerprint density at radius 2 is 2.16 bits per heavy atom. The Morgan fingerprint density at radius 3 is 2.97 bits per heavy atom. The fraction of sp³-hybridized carbons (Fsp3) is 0.333. The first kappa shape index (κ1) is 19.0. The number of nitrogens with one attached hydrogen (secondary N) is 1. The van der Waals surface area contributed by atoms with Crippen LogP contribution in [0.15, 0.2) is 53.8 Å². The van der Waals surface area contributed by atoms with Gasteiger partial charge in [0.15, 0.2) is 11.2 Å². The SMILES string of the molecule is CCCn1c(=O)c2[nH]c(-c3cnn(Cc4cccc(C5CCC5)c4)c3)nc2n2ccnc12. The highest BCUT2D eigenvalue weighted by Gasteiger charge is 2.20. The highest BCUT2D eigenvalue weighted by Crippen LogP contribution is 2.36. The van der Waals surface area contributed by atoms with Crippen LogP contribution in [0.2, 0.25) is 0 Å². The lowest BCUT2D eigenvalue weighted by Crippen LogP contribution is -2.23. The number of hydrogen-bond donors (Lipinski definition) is 1. The number of aromatic amines is 1. The zero-order valence-electron chi connectivity index (χ0n) is 18.0. The van der Waals surface area contributed by atoms with Crippen LogP contribution < -0.4 is 5.56 Å². The van der Waals surface area contributed by atoms with Gasteiger partial charge < -0.3 is 4.98 Å². The third-order valence-electron chi connectivity index (χ3n) is 6.46. The van der Waals surface area contributed by atoms with E-state index in [9.17, 15) is 4.79 Å². The van der Waals surface area contributed by atoms with Crippen molar-refractivity contribution in [2.24, 2.45) is 0 Å². The van der Waals surface area contributed by atoms with E-state index in [1.54, 1.807) is 17.0 Å². The summed E-state index contributed by atoms with van der Waals surface area (Å²) >= 11 is 0. The number of rotatable bonds is 6. The summed E-state index contributed by atoms with van der Waals surface area (Å²) in [6.45, 7) is 3.36. The van der Waals surface area contributed by atoms with Gasteiger partial charge in [0.2, 0.25) is 5.78 Å². The number of H-pyrrole nitrogens is 1. The van der Waals surface area contributed by atoms with Gasteiger partial charge >= 0.3 is 0 Å². The molecule has 8 nitrogen and oxygen atoms in total. The smallest absolute Gasteiger partial charge is 0.280 e. The summed E-state index contributed by atoms with van der Waals surface area (Å²) in [4.78, 5) is 25.4. The molecule has 1 aliphatic carbocycles. The standard InChI is InChI=1S/C24H25N7O/c1-2-10-31-23(32)20-22(30-11-9-25-24(30)31)28-21(27-20)19-13-26-29(15-19)14-16-5-3-8-18(12-16)17-6-4-7-17/h3,5,8-9,11-13,15,17H,2,4,6-7,10,14H2,1H3,(H,27,28). The van der Waals surface area contributed by atoms with Gasteiger partial charge in [-0.15, -0.1) is 0 Å². The average Bonchev–Trinajstić information content (AvgIpc) is 3.48. The number of fused-ring (bicyclic) bond motifs is 3. The molecular weight excluding hydrogens is 402 g/mol. The molecule has 162 valence electrons. The van der Waals surface area contributed by atoms with E-state index in [1.807, 2.05) is 28.4 Å². The van der Waals surface area contributed by atoms with Crippen LogP contribution in [0.1, 0.15) is 49.7 Å². The summed E-state index contributed by atoms with van der Waals surface area (Å²) in [5, 5.41) is 4.54. The Hall–Kier alpha value is -3.68. The van der Waals surface area contributed by atoms with Crippen LogP contribution in [-0.4, -0.2) is 33.7 Å². The maximum atomic E-state index is 13.1. The van der Waals surface area contributed by atoms with Crippen LogP contribution >= 0.6 is 0 Å². The average molecular weight is 428 g/mol. The van der Waals surface area contributed by atoms with Gasteiger partial charge in [0, 0.05) is 25.1 Å². The van der Waals surface area contributed by atoms with Crippen LogP contribution in [0, 0.1) is 0 Å². The maximum Gasteiger partial charge on any atom is 0.280 e. The van der Waals surface area contributed by atoms with Crippen molar-refractivity contribution in [2.75, 3.05) is 0 Å². The lowest BCUT2D eigenvalue weighted by Gasteiger charge is -2.26. The second kappa shape index (κ2) is 7.47. The second-order valence-electron chi connectivity index (χ2n) is 8.64. The molecule has 0 aliphatic heterocycles. The lowest BCUT2D eigenvalue weighted by atomic mass is 9.80. The Bertz CT molecular complexity index is 1480. The van der Waals surface area contributed by atoms with Crippen LogP contribution in [-0.2, 0) is 13.1 Å². The highest BCUT2D eigenvalue weighted by atomic mass is 16.1. The molecule has 0 bridgehead atoms. The van der Waals surface area contributed by atoms with Crippen molar-refractivity contribution in [3.05, 3.63) is 70.5 Å². The Labute approximate surface area is 184 Å². The molecule has 0 radical (unpaired) electrons. The normalized spacial score (nSPS) is 14.4. The zero-order valence-corrected chi connectivity index (χ0v) is 18.0. The molecule has 32 heavy (non-hydrogen) atoms. The number of benzene rings is 1. The molecule has 1 aliphatic rings. The minimum Gasteiger partial charge on any atom is -0.332 e. The van der Waals surface area contributed by atoms with Gasteiger partial charge in [-0.3, -0.25) is 18.4 Å². The molecule has 0 unspecified atom stereocenters. The molecule has 1 saturated carbocycles. The highest BCUT2D eigenvalue weighted by molar-refractivity contribution is 5.77. The minimum absolute atomic E-state index is 0.0977. The molecule has 1 N–H and O–H groups in total. The van der Waals surface area contributed by atoms with Crippen LogP contribution in [0.5, 0.6) is 0 Å². The quantitative estimate of drug-likeness (QED) is 0.444. The van der Waals surface area contributed by atoms with Crippen molar-refractivity contribution in [1.82, 2.24) is 33.7 Å². The van der Waals surface area contributed by atoms with E-state index in [1.165, 1.54) is 30.4 Å². The van der Waals surface area contributed by atoms with Crippen molar-refractivity contribution in [3.8, 4) is 11.4 Å². The molecule has 5 aromatic rings. The molecule has 1 aromatic carbocycles. The van der Waals surface area contributed by atoms with E-state index >= 15 is 0 Å². The van der Waals surface area contributed by atoms with Crippen molar-refractivity contribution in [2.45, 2.75) is 51.6 Å². The molecule has 6 rings (SSSR count). The summed E-state index contributed by atoms with van der Waals surface area (Å²) in [7, 11) is 0. The summed E-state index contributed by atoms with van der Waals surface area (Å²) in [5.74, 6) is 1.97. The van der Waals surface area contributed by atoms with Crippen molar-refractivity contribution in [3.63, 3.8) is 0 Å². The first-order valence-corrected chi connectivity index (χ1v) is 11.3. The van der Waals surface area contributed by atoms with Gasteiger partial charge in [0.05, 0.1) is 18.3 Å². The van der Waals surface area contributed by atoms with Gasteiger partial charge in [0.1, 0.15) is 5.82 Å². The monoisotopic (exact) mass is 427 g/mol. The van der Waals surface area contributed by atoms with Gasteiger partial charge in [-0.25, -0.2) is 9.97 Å². The van der Waals surface area contributed by atoms with Gasteiger partial charge in [-0.1, -0.05) is 37.6 Å². The molecule has 8 heteroatoms. The van der Waals surface area contributed by atoms with Crippen LogP contribution in [0.3, 0.4) is 0 Å². The first-order chi connectivity index (χ1) is 15.7. The van der Waals surface area contributed by atoms with Crippen LogP contribution in [0.4, 0.5) is 0 Å². The summed E-state index contributed by atoms with van der Waals surface area (Å²) in [5.41, 5.74) is 4.51. The molecule has 0 amide bonds. The van der Waals surface area contributed by atoms with Crippen molar-refractivity contribution >= 4 is 16.9 Å². The zero-order chi connectivity index (χ0) is 21.7. The van der Waals surface area contributed by atoms with E-state index in [0.717, 1.165) is 17.9 Å². The lowest BCUT2D eigenvalue weighted by molar-refractivity contribution is 0.419. The van der Waals surface area contributed by atoms with E-state index in [0.29, 0.717) is 35.9 Å². The van der Waals surface area contributed by atoms with E-state index in [4.69, 9.17) is 4.98 Å². The third-order valence-corrected chi connectivity index (χ3v) is 6.46. The van der Waals surface area contributed by atoms with Crippen molar-refractivity contribution < 1.29 is 0 Å². The number of aromatic nitrogens is 7. The summed E-state index contributed by atoms with van der Waals surface area (Å²) in [6, 6.07) is 8.83. The fourth-order valence-corrected chi connectivity index (χ4v) is 4.58. The Morgan fingerprint density at radius 1 is 1.25 bits per heavy atom. The van der Waals surface area contributed by atoms with Gasteiger partial charge in [0.25, 0.3) is 5.56 Å². The number of hydrogen-bond acceptors (Lipinski definition) is 4. The Kier molecular flexibility index (Phi) is 4.45. The van der Waals surface area contributed by atoms with Gasteiger partial charge in [-0.05, 0) is 36.3 Å². The van der Waals surface area contributed by atoms with Crippen LogP contribution in [0.25, 0.3) is 28.3 Å². The number of aryl methyl sites for hydroxylation is 1. The summed E-state index contributed by atoms with van der Waals surface area (Å²) < 4.78 is 5.48. The largest absolute Gasteiger partial charge is 0.332 e. The van der Waals surface area contributed by atoms with E-state index in [2.05, 4.69) is 39.3 Å². The fourth-order valence-electron chi connectivity index (χ4n) is 4.58. The first-order valence-electron chi connectivity index (χ1n) is 11.3. The minimum atomic E-state index is -0.0977. The number of imidazole rings is 2. The van der Waals surface area contributed by atoms with Gasteiger partial charge in [-0.2, -0.15) is 5.10 Å². The predicted molar refractivity (Wildman–Crippen MR) is 123 cm³/mol. The predicted octanol–water partition coefficient (Wildman–Crippen LogP) is 3.96. The molecular formula is C24H25N7O. The molecule has 0 atom stereocenters. The second-order valence-corrected chi connectivity index (χ2v) is 8.64. The molecule has 1 fully saturated rings. The van der Waals surface area contributed by atoms with E-state index in [-0.39, 0.29) is 5.56 Å². The molecule has 0 spiro atoms. The number of nitrogens with zero attached hydrogens (tertiary/aromatic N) is 6. The van der Waals surface area contributed by atoms with Crippen molar-refractivity contribution in [1.29, 1.82) is 0 Å². The third kappa shape index (κ3) is 3.05. The van der Waals surface area contributed by atoms with E-state index < -0.39 is 0 Å². The topological polar surface area (TPSA) is 85.8 Å². The Balaban J connectivity index is 1.34.